The molecular formula is C26H54O4. The summed E-state index contributed by atoms with van der Waals surface area (Å²) in [6, 6.07) is 0. The van der Waals surface area contributed by atoms with Crippen LogP contribution in [0.3, 0.4) is 0 Å². The quantitative estimate of drug-likeness (QED) is 0.111. The van der Waals surface area contributed by atoms with Crippen molar-refractivity contribution in [1.29, 1.82) is 0 Å². The first kappa shape index (κ1) is 31.8. The van der Waals surface area contributed by atoms with Crippen molar-refractivity contribution < 1.29 is 18.9 Å². The van der Waals surface area contributed by atoms with E-state index in [0.29, 0.717) is 19.8 Å². The Balaban J connectivity index is 0. The summed E-state index contributed by atoms with van der Waals surface area (Å²) >= 11 is 0. The van der Waals surface area contributed by atoms with Crippen molar-refractivity contribution in [3.63, 3.8) is 0 Å². The summed E-state index contributed by atoms with van der Waals surface area (Å²) in [5, 5.41) is 0. The van der Waals surface area contributed by atoms with Gasteiger partial charge in [-0.15, -0.1) is 6.58 Å². The highest BCUT2D eigenvalue weighted by atomic mass is 16.9. The molecule has 0 aromatic carbocycles. The molecule has 182 valence electrons. The number of methoxy groups -OCH3 is 1. The van der Waals surface area contributed by atoms with E-state index in [9.17, 15) is 0 Å². The summed E-state index contributed by atoms with van der Waals surface area (Å²) in [5.74, 6) is -1.11. The van der Waals surface area contributed by atoms with Gasteiger partial charge < -0.3 is 18.9 Å². The second kappa shape index (κ2) is 21.8. The molecule has 0 spiro atoms. The highest BCUT2D eigenvalue weighted by Crippen LogP contribution is 2.41. The van der Waals surface area contributed by atoms with Gasteiger partial charge in [-0.1, -0.05) is 85.6 Å². The third-order valence-corrected chi connectivity index (χ3v) is 5.03. The van der Waals surface area contributed by atoms with E-state index in [1.54, 1.807) is 13.2 Å². The van der Waals surface area contributed by atoms with Crippen LogP contribution in [0.2, 0.25) is 0 Å². The minimum absolute atomic E-state index is 0.563. The van der Waals surface area contributed by atoms with Crippen LogP contribution < -0.4 is 0 Å². The maximum atomic E-state index is 6.32. The minimum atomic E-state index is -1.11. The molecule has 4 nitrogen and oxygen atoms in total. The number of hydrogen-bond donors (Lipinski definition) is 0. The summed E-state index contributed by atoms with van der Waals surface area (Å²) in [4.78, 5) is 0. The van der Waals surface area contributed by atoms with Crippen molar-refractivity contribution in [2.75, 3.05) is 26.9 Å². The lowest BCUT2D eigenvalue weighted by atomic mass is 9.87. The Morgan fingerprint density at radius 1 is 0.633 bits per heavy atom. The molecule has 0 radical (unpaired) electrons. The van der Waals surface area contributed by atoms with Crippen LogP contribution in [0, 0.1) is 0 Å². The predicted octanol–water partition coefficient (Wildman–Crippen LogP) is 8.05. The molecule has 0 heterocycles. The van der Waals surface area contributed by atoms with Gasteiger partial charge in [0.05, 0.1) is 19.8 Å². The molecule has 0 saturated carbocycles. The summed E-state index contributed by atoms with van der Waals surface area (Å²) < 4.78 is 25.1. The van der Waals surface area contributed by atoms with E-state index in [0.717, 1.165) is 44.9 Å². The summed E-state index contributed by atoms with van der Waals surface area (Å²) in [7, 11) is 1.79. The highest BCUT2D eigenvalue weighted by Gasteiger charge is 2.55. The summed E-state index contributed by atoms with van der Waals surface area (Å²) in [5.41, 5.74) is -0.563. The lowest BCUT2D eigenvalue weighted by molar-refractivity contribution is -0.447. The molecule has 0 fully saturated rings. The Kier molecular flexibility index (Phi) is 23.1. The van der Waals surface area contributed by atoms with Crippen LogP contribution >= 0.6 is 0 Å². The molecule has 4 heteroatoms. The first-order chi connectivity index (χ1) is 14.5. The van der Waals surface area contributed by atoms with Gasteiger partial charge in [0.1, 0.15) is 5.60 Å². The van der Waals surface area contributed by atoms with Crippen LogP contribution in [-0.2, 0) is 18.9 Å². The molecule has 0 aromatic rings. The summed E-state index contributed by atoms with van der Waals surface area (Å²) in [6.07, 6.45) is 14.9. The lowest BCUT2D eigenvalue weighted by Gasteiger charge is -2.48. The highest BCUT2D eigenvalue weighted by molar-refractivity contribution is 4.91. The second-order valence-electron chi connectivity index (χ2n) is 7.98. The monoisotopic (exact) mass is 430 g/mol. The number of rotatable bonds is 20. The number of allylic oxidation sites excluding steroid dienone is 1. The molecule has 0 aliphatic carbocycles. The molecule has 0 aromatic heterocycles. The molecule has 0 saturated heterocycles. The van der Waals surface area contributed by atoms with Crippen LogP contribution in [0.15, 0.2) is 12.7 Å². The third-order valence-electron chi connectivity index (χ3n) is 5.03. The van der Waals surface area contributed by atoms with E-state index in [1.165, 1.54) is 32.1 Å². The Bertz CT molecular complexity index is 337. The van der Waals surface area contributed by atoms with E-state index in [2.05, 4.69) is 41.2 Å². The van der Waals surface area contributed by atoms with Gasteiger partial charge in [0.25, 0.3) is 0 Å². The van der Waals surface area contributed by atoms with Crippen molar-refractivity contribution in [3.05, 3.63) is 12.7 Å². The van der Waals surface area contributed by atoms with E-state index in [1.807, 2.05) is 6.92 Å². The van der Waals surface area contributed by atoms with Gasteiger partial charge in [-0.2, -0.15) is 0 Å². The molecule has 1 atom stereocenters. The Hall–Kier alpha value is -0.420. The molecule has 0 aliphatic rings. The fourth-order valence-electron chi connectivity index (χ4n) is 3.58. The first-order valence-electron chi connectivity index (χ1n) is 12.6. The lowest BCUT2D eigenvalue weighted by Crippen LogP contribution is -2.61. The zero-order valence-corrected chi connectivity index (χ0v) is 21.5. The molecule has 0 aliphatic heterocycles. The van der Waals surface area contributed by atoms with Gasteiger partial charge in [0.15, 0.2) is 0 Å². The Morgan fingerprint density at radius 3 is 1.43 bits per heavy atom. The molecule has 1 unspecified atom stereocenters. The van der Waals surface area contributed by atoms with Crippen LogP contribution in [0.1, 0.15) is 119 Å². The van der Waals surface area contributed by atoms with E-state index in [4.69, 9.17) is 18.9 Å². The Labute approximate surface area is 189 Å². The largest absolute Gasteiger partial charge is 0.370 e. The fraction of sp³-hybridized carbons (Fsp3) is 0.923. The SMILES string of the molecule is C=CC.CCCCCCCCC(CCC)(OC)C(OCCC)(OCCC)OCCC. The number of unbranched alkanes of at least 4 members (excludes halogenated alkanes) is 5. The van der Waals surface area contributed by atoms with Crippen LogP contribution in [0.25, 0.3) is 0 Å². The van der Waals surface area contributed by atoms with Gasteiger partial charge >= 0.3 is 5.97 Å². The summed E-state index contributed by atoms with van der Waals surface area (Å²) in [6.45, 7) is 17.9. The average molecular weight is 431 g/mol. The van der Waals surface area contributed by atoms with Gasteiger partial charge in [0, 0.05) is 7.11 Å². The smallest absolute Gasteiger partial charge is 0.313 e. The third kappa shape index (κ3) is 12.4. The van der Waals surface area contributed by atoms with Crippen LogP contribution in [0.5, 0.6) is 0 Å². The van der Waals surface area contributed by atoms with Gasteiger partial charge in [-0.25, -0.2) is 0 Å². The van der Waals surface area contributed by atoms with Gasteiger partial charge in [-0.05, 0) is 39.0 Å². The maximum absolute atomic E-state index is 6.32. The minimum Gasteiger partial charge on any atom is -0.370 e. The average Bonchev–Trinajstić information content (AvgIpc) is 2.75. The van der Waals surface area contributed by atoms with Crippen LogP contribution in [-0.4, -0.2) is 38.5 Å². The predicted molar refractivity (Wildman–Crippen MR) is 130 cm³/mol. The fourth-order valence-corrected chi connectivity index (χ4v) is 3.58. The Morgan fingerprint density at radius 2 is 1.07 bits per heavy atom. The molecular weight excluding hydrogens is 376 g/mol. The number of hydrogen-bond acceptors (Lipinski definition) is 4. The van der Waals surface area contributed by atoms with Crippen molar-refractivity contribution in [1.82, 2.24) is 0 Å². The van der Waals surface area contributed by atoms with E-state index < -0.39 is 11.6 Å². The number of ether oxygens (including phenoxy) is 4. The molecule has 0 bridgehead atoms. The van der Waals surface area contributed by atoms with Crippen LogP contribution in [0.4, 0.5) is 0 Å². The maximum Gasteiger partial charge on any atom is 0.313 e. The van der Waals surface area contributed by atoms with Crippen molar-refractivity contribution in [2.24, 2.45) is 0 Å². The van der Waals surface area contributed by atoms with Crippen molar-refractivity contribution >= 4 is 0 Å². The zero-order chi connectivity index (χ0) is 23.1. The zero-order valence-electron chi connectivity index (χ0n) is 21.5. The second-order valence-corrected chi connectivity index (χ2v) is 7.98. The molecule has 0 rings (SSSR count). The van der Waals surface area contributed by atoms with Gasteiger partial charge in [0.2, 0.25) is 0 Å². The normalized spacial score (nSPS) is 13.4. The standard InChI is InChI=1S/C23H48O4.C3H6/c1-7-12-13-14-15-16-18-22(24-6,17-8-2)23(25-19-9-3,26-20-10-4)27-21-11-5;1-3-2/h7-21H2,1-6H3;3H,1H2,2H3. The molecule has 30 heavy (non-hydrogen) atoms. The molecule has 0 amide bonds. The van der Waals surface area contributed by atoms with Crippen molar-refractivity contribution in [3.8, 4) is 0 Å². The first-order valence-corrected chi connectivity index (χ1v) is 12.6. The topological polar surface area (TPSA) is 36.9 Å². The van der Waals surface area contributed by atoms with E-state index >= 15 is 0 Å². The van der Waals surface area contributed by atoms with Crippen molar-refractivity contribution in [2.45, 2.75) is 130 Å². The van der Waals surface area contributed by atoms with E-state index in [-0.39, 0.29) is 0 Å². The molecule has 0 N–H and O–H groups in total. The van der Waals surface area contributed by atoms with Gasteiger partial charge in [-0.3, -0.25) is 0 Å².